The van der Waals surface area contributed by atoms with E-state index in [1.165, 1.54) is 36.8 Å². The minimum Gasteiger partial charge on any atom is -0.369 e. The highest BCUT2D eigenvalue weighted by atomic mass is 15.1. The summed E-state index contributed by atoms with van der Waals surface area (Å²) in [6.45, 7) is 6.89. The lowest BCUT2D eigenvalue weighted by atomic mass is 10.1. The Morgan fingerprint density at radius 3 is 3.05 bits per heavy atom. The van der Waals surface area contributed by atoms with E-state index in [2.05, 4.69) is 52.5 Å². The summed E-state index contributed by atoms with van der Waals surface area (Å²) < 4.78 is 0. The molecule has 1 aromatic heterocycles. The van der Waals surface area contributed by atoms with E-state index in [0.717, 1.165) is 18.3 Å². The quantitative estimate of drug-likeness (QED) is 0.910. The van der Waals surface area contributed by atoms with Crippen molar-refractivity contribution in [2.24, 2.45) is 5.92 Å². The smallest absolute Gasteiger partial charge is 0.133 e. The minimum absolute atomic E-state index is 0.751. The van der Waals surface area contributed by atoms with Crippen LogP contribution in [0.1, 0.15) is 13.3 Å². The summed E-state index contributed by atoms with van der Waals surface area (Å²) in [5.41, 5.74) is 0. The van der Waals surface area contributed by atoms with Gasteiger partial charge in [0.2, 0.25) is 0 Å². The molecule has 3 rings (SSSR count). The molecule has 1 aliphatic heterocycles. The molecule has 1 aliphatic rings. The van der Waals surface area contributed by atoms with Gasteiger partial charge >= 0.3 is 0 Å². The zero-order valence-corrected chi connectivity index (χ0v) is 11.5. The van der Waals surface area contributed by atoms with E-state index in [9.17, 15) is 0 Å². The maximum atomic E-state index is 4.48. The van der Waals surface area contributed by atoms with Crippen LogP contribution in [0.3, 0.4) is 0 Å². The molecule has 2 aromatic rings. The Morgan fingerprint density at radius 1 is 1.32 bits per heavy atom. The van der Waals surface area contributed by atoms with Gasteiger partial charge in [-0.2, -0.15) is 0 Å². The van der Waals surface area contributed by atoms with Crippen molar-refractivity contribution in [3.05, 3.63) is 36.5 Å². The minimum atomic E-state index is 0.751. The molecule has 0 aliphatic carbocycles. The molecule has 1 atom stereocenters. The van der Waals surface area contributed by atoms with Gasteiger partial charge in [0.1, 0.15) is 5.82 Å². The summed E-state index contributed by atoms with van der Waals surface area (Å²) in [5.74, 6) is 1.77. The number of aromatic nitrogens is 1. The van der Waals surface area contributed by atoms with Gasteiger partial charge in [0.25, 0.3) is 0 Å². The first-order chi connectivity index (χ1) is 9.36. The molecule has 0 radical (unpaired) electrons. The topological polar surface area (TPSA) is 28.2 Å². The van der Waals surface area contributed by atoms with Gasteiger partial charge in [-0.05, 0) is 36.9 Å². The second-order valence-electron chi connectivity index (χ2n) is 5.31. The second kappa shape index (κ2) is 5.57. The van der Waals surface area contributed by atoms with Gasteiger partial charge in [0.05, 0.1) is 0 Å². The molecule has 1 aromatic carbocycles. The zero-order chi connectivity index (χ0) is 13.1. The van der Waals surface area contributed by atoms with Gasteiger partial charge in [-0.25, -0.2) is 4.98 Å². The van der Waals surface area contributed by atoms with Crippen LogP contribution in [0.2, 0.25) is 0 Å². The van der Waals surface area contributed by atoms with Crippen LogP contribution in [-0.2, 0) is 0 Å². The van der Waals surface area contributed by atoms with E-state index in [1.54, 1.807) is 0 Å². The van der Waals surface area contributed by atoms with Crippen molar-refractivity contribution in [3.8, 4) is 0 Å². The Balaban J connectivity index is 1.69. The van der Waals surface area contributed by atoms with Crippen molar-refractivity contribution in [2.75, 3.05) is 31.5 Å². The van der Waals surface area contributed by atoms with Gasteiger partial charge in [0, 0.05) is 24.7 Å². The van der Waals surface area contributed by atoms with Crippen LogP contribution in [0, 0.1) is 5.92 Å². The number of hydrogen-bond donors (Lipinski definition) is 1. The number of anilines is 1. The van der Waals surface area contributed by atoms with E-state index in [0.29, 0.717) is 0 Å². The average molecular weight is 255 g/mol. The normalized spacial score (nSPS) is 19.9. The standard InChI is InChI=1S/C16H21N3/c1-2-19-10-8-13(12-19)11-18-16-15-6-4-3-5-14(15)7-9-17-16/h3-7,9,13H,2,8,10-12H2,1H3,(H,17,18). The fourth-order valence-corrected chi connectivity index (χ4v) is 2.87. The summed E-state index contributed by atoms with van der Waals surface area (Å²) in [4.78, 5) is 7.00. The van der Waals surface area contributed by atoms with Crippen molar-refractivity contribution >= 4 is 16.6 Å². The predicted molar refractivity (Wildman–Crippen MR) is 80.5 cm³/mol. The molecule has 19 heavy (non-hydrogen) atoms. The van der Waals surface area contributed by atoms with Crippen molar-refractivity contribution in [1.29, 1.82) is 0 Å². The molecule has 0 bridgehead atoms. The van der Waals surface area contributed by atoms with Crippen LogP contribution in [0.5, 0.6) is 0 Å². The van der Waals surface area contributed by atoms with Gasteiger partial charge < -0.3 is 10.2 Å². The maximum absolute atomic E-state index is 4.48. The molecule has 3 nitrogen and oxygen atoms in total. The Labute approximate surface area is 114 Å². The van der Waals surface area contributed by atoms with Crippen molar-refractivity contribution in [2.45, 2.75) is 13.3 Å². The molecule has 2 heterocycles. The third-order valence-corrected chi connectivity index (χ3v) is 4.05. The van der Waals surface area contributed by atoms with Gasteiger partial charge in [-0.3, -0.25) is 0 Å². The third-order valence-electron chi connectivity index (χ3n) is 4.05. The number of rotatable bonds is 4. The van der Waals surface area contributed by atoms with Crippen LogP contribution in [0.4, 0.5) is 5.82 Å². The van der Waals surface area contributed by atoms with Crippen molar-refractivity contribution < 1.29 is 0 Å². The Morgan fingerprint density at radius 2 is 2.21 bits per heavy atom. The molecular weight excluding hydrogens is 234 g/mol. The molecule has 3 heteroatoms. The molecule has 1 N–H and O–H groups in total. The van der Waals surface area contributed by atoms with Crippen LogP contribution in [0.15, 0.2) is 36.5 Å². The SMILES string of the molecule is CCN1CCC(CNc2nccc3ccccc23)C1. The first-order valence-corrected chi connectivity index (χ1v) is 7.17. The molecular formula is C16H21N3. The van der Waals surface area contributed by atoms with Crippen LogP contribution < -0.4 is 5.32 Å². The van der Waals surface area contributed by atoms with Gasteiger partial charge in [0.15, 0.2) is 0 Å². The molecule has 0 amide bonds. The fraction of sp³-hybridized carbons (Fsp3) is 0.438. The summed E-state index contributed by atoms with van der Waals surface area (Å²) >= 11 is 0. The van der Waals surface area contributed by atoms with Crippen LogP contribution >= 0.6 is 0 Å². The summed E-state index contributed by atoms with van der Waals surface area (Å²) in [6, 6.07) is 10.5. The largest absolute Gasteiger partial charge is 0.369 e. The lowest BCUT2D eigenvalue weighted by Crippen LogP contribution is -2.22. The fourth-order valence-electron chi connectivity index (χ4n) is 2.87. The number of fused-ring (bicyclic) bond motifs is 1. The number of hydrogen-bond acceptors (Lipinski definition) is 3. The monoisotopic (exact) mass is 255 g/mol. The average Bonchev–Trinajstić information content (AvgIpc) is 2.93. The number of nitrogens with zero attached hydrogens (tertiary/aromatic N) is 2. The molecule has 1 fully saturated rings. The molecule has 1 unspecified atom stereocenters. The van der Waals surface area contributed by atoms with Crippen LogP contribution in [-0.4, -0.2) is 36.1 Å². The highest BCUT2D eigenvalue weighted by Crippen LogP contribution is 2.22. The van der Waals surface area contributed by atoms with Gasteiger partial charge in [-0.1, -0.05) is 31.2 Å². The zero-order valence-electron chi connectivity index (χ0n) is 11.5. The van der Waals surface area contributed by atoms with Crippen molar-refractivity contribution in [3.63, 3.8) is 0 Å². The first kappa shape index (κ1) is 12.4. The van der Waals surface area contributed by atoms with E-state index in [-0.39, 0.29) is 0 Å². The molecule has 0 saturated carbocycles. The van der Waals surface area contributed by atoms with E-state index < -0.39 is 0 Å². The first-order valence-electron chi connectivity index (χ1n) is 7.17. The summed E-state index contributed by atoms with van der Waals surface area (Å²) in [5, 5.41) is 6.01. The van der Waals surface area contributed by atoms with E-state index >= 15 is 0 Å². The van der Waals surface area contributed by atoms with Crippen molar-refractivity contribution in [1.82, 2.24) is 9.88 Å². The van der Waals surface area contributed by atoms with E-state index in [4.69, 9.17) is 0 Å². The Bertz CT molecular complexity index is 547. The molecule has 1 saturated heterocycles. The number of nitrogens with one attached hydrogen (secondary N) is 1. The Hall–Kier alpha value is -1.61. The summed E-state index contributed by atoms with van der Waals surface area (Å²) in [7, 11) is 0. The lowest BCUT2D eigenvalue weighted by molar-refractivity contribution is 0.345. The third kappa shape index (κ3) is 2.71. The Kier molecular flexibility index (Phi) is 3.65. The molecule has 0 spiro atoms. The van der Waals surface area contributed by atoms with Crippen LogP contribution in [0.25, 0.3) is 10.8 Å². The number of benzene rings is 1. The van der Waals surface area contributed by atoms with Gasteiger partial charge in [-0.15, -0.1) is 0 Å². The highest BCUT2D eigenvalue weighted by Gasteiger charge is 2.20. The summed E-state index contributed by atoms with van der Waals surface area (Å²) in [6.07, 6.45) is 3.18. The highest BCUT2D eigenvalue weighted by molar-refractivity contribution is 5.91. The van der Waals surface area contributed by atoms with E-state index in [1.807, 2.05) is 6.20 Å². The maximum Gasteiger partial charge on any atom is 0.133 e. The second-order valence-corrected chi connectivity index (χ2v) is 5.31. The predicted octanol–water partition coefficient (Wildman–Crippen LogP) is 2.99. The number of pyridine rings is 1. The molecule has 100 valence electrons. The lowest BCUT2D eigenvalue weighted by Gasteiger charge is -2.14. The number of likely N-dealkylation sites (tertiary alicyclic amines) is 1.